The van der Waals surface area contributed by atoms with Gasteiger partial charge in [0.25, 0.3) is 5.91 Å². The van der Waals surface area contributed by atoms with E-state index < -0.39 is 23.9 Å². The van der Waals surface area contributed by atoms with Crippen LogP contribution in [-0.4, -0.2) is 102 Å². The SMILES string of the molecule is CCN1CCCC1CN(CCC(=O)N1CCNCC1)C(=O)c1ccc(C(F)(F)F)cc1.O=C(O)C(F)(F)F. The Kier molecular flexibility index (Phi) is 11.4. The molecule has 8 nitrogen and oxygen atoms in total. The van der Waals surface area contributed by atoms with E-state index in [0.717, 1.165) is 51.2 Å². The highest BCUT2D eigenvalue weighted by Crippen LogP contribution is 2.29. The van der Waals surface area contributed by atoms with Crippen LogP contribution < -0.4 is 5.32 Å². The fourth-order valence-corrected chi connectivity index (χ4v) is 4.34. The average molecular weight is 555 g/mol. The molecule has 0 spiro atoms. The second kappa shape index (κ2) is 13.8. The van der Waals surface area contributed by atoms with Gasteiger partial charge in [0.15, 0.2) is 0 Å². The van der Waals surface area contributed by atoms with Gasteiger partial charge in [0, 0.05) is 57.3 Å². The Morgan fingerprint density at radius 1 is 1.03 bits per heavy atom. The number of nitrogens with zero attached hydrogens (tertiary/aromatic N) is 3. The van der Waals surface area contributed by atoms with E-state index in [4.69, 9.17) is 9.90 Å². The Labute approximate surface area is 216 Å². The number of carbonyl (C=O) groups is 3. The monoisotopic (exact) mass is 554 g/mol. The van der Waals surface area contributed by atoms with Crippen LogP contribution in [0.1, 0.15) is 42.1 Å². The summed E-state index contributed by atoms with van der Waals surface area (Å²) < 4.78 is 70.3. The molecule has 1 unspecified atom stereocenters. The maximum Gasteiger partial charge on any atom is 0.490 e. The summed E-state index contributed by atoms with van der Waals surface area (Å²) in [7, 11) is 0. The molecular formula is C24H32F6N4O4. The number of hydrogen-bond donors (Lipinski definition) is 2. The second-order valence-electron chi connectivity index (χ2n) is 8.93. The van der Waals surface area contributed by atoms with E-state index >= 15 is 0 Å². The number of likely N-dealkylation sites (N-methyl/N-ethyl adjacent to an activating group) is 1. The average Bonchev–Trinajstić information content (AvgIpc) is 3.33. The summed E-state index contributed by atoms with van der Waals surface area (Å²) in [5.74, 6) is -3.08. The number of carboxylic acid groups (broad SMARTS) is 1. The highest BCUT2D eigenvalue weighted by Gasteiger charge is 2.38. The predicted octanol–water partition coefficient (Wildman–Crippen LogP) is 3.09. The van der Waals surface area contributed by atoms with Crippen LogP contribution >= 0.6 is 0 Å². The van der Waals surface area contributed by atoms with Crippen LogP contribution in [0.2, 0.25) is 0 Å². The summed E-state index contributed by atoms with van der Waals surface area (Å²) in [6.45, 7) is 7.49. The van der Waals surface area contributed by atoms with Crippen LogP contribution in [-0.2, 0) is 15.8 Å². The van der Waals surface area contributed by atoms with Gasteiger partial charge in [0.2, 0.25) is 5.91 Å². The van der Waals surface area contributed by atoms with Crippen molar-refractivity contribution in [3.05, 3.63) is 35.4 Å². The van der Waals surface area contributed by atoms with E-state index in [0.29, 0.717) is 19.6 Å². The van der Waals surface area contributed by atoms with Gasteiger partial charge in [-0.05, 0) is 50.2 Å². The van der Waals surface area contributed by atoms with Gasteiger partial charge in [0.05, 0.1) is 5.56 Å². The first-order valence-electron chi connectivity index (χ1n) is 12.2. The second-order valence-corrected chi connectivity index (χ2v) is 8.93. The van der Waals surface area contributed by atoms with Crippen molar-refractivity contribution in [3.8, 4) is 0 Å². The number of hydrogen-bond acceptors (Lipinski definition) is 5. The number of carbonyl (C=O) groups excluding carboxylic acids is 2. The van der Waals surface area contributed by atoms with Crippen molar-refractivity contribution in [1.82, 2.24) is 20.0 Å². The number of carboxylic acids is 1. The largest absolute Gasteiger partial charge is 0.490 e. The molecule has 2 N–H and O–H groups in total. The molecule has 1 atom stereocenters. The van der Waals surface area contributed by atoms with Crippen LogP contribution in [0.5, 0.6) is 0 Å². The summed E-state index contributed by atoms with van der Waals surface area (Å²) in [5, 5.41) is 10.3. The molecule has 2 aliphatic rings. The quantitative estimate of drug-likeness (QED) is 0.504. The normalized spacial score (nSPS) is 18.5. The van der Waals surface area contributed by atoms with Gasteiger partial charge in [-0.3, -0.25) is 14.5 Å². The number of halogens is 6. The Bertz CT molecular complexity index is 933. The molecule has 0 saturated carbocycles. The zero-order valence-corrected chi connectivity index (χ0v) is 20.9. The first-order chi connectivity index (χ1) is 17.7. The van der Waals surface area contributed by atoms with Crippen LogP contribution in [0.15, 0.2) is 24.3 Å². The molecule has 14 heteroatoms. The highest BCUT2D eigenvalue weighted by molar-refractivity contribution is 5.94. The molecule has 2 amide bonds. The van der Waals surface area contributed by atoms with Gasteiger partial charge >= 0.3 is 18.3 Å². The number of aliphatic carboxylic acids is 1. The Balaban J connectivity index is 0.000000638. The first kappa shape index (κ1) is 31.3. The summed E-state index contributed by atoms with van der Waals surface area (Å²) in [6, 6.07) is 4.53. The zero-order valence-electron chi connectivity index (χ0n) is 20.9. The number of piperazine rings is 1. The van der Waals surface area contributed by atoms with Gasteiger partial charge in [-0.2, -0.15) is 26.3 Å². The number of benzene rings is 1. The molecule has 0 aliphatic carbocycles. The molecule has 2 fully saturated rings. The van der Waals surface area contributed by atoms with Gasteiger partial charge in [-0.25, -0.2) is 4.79 Å². The lowest BCUT2D eigenvalue weighted by atomic mass is 10.1. The minimum Gasteiger partial charge on any atom is -0.475 e. The molecule has 2 aliphatic heterocycles. The van der Waals surface area contributed by atoms with E-state index in [9.17, 15) is 35.9 Å². The maximum absolute atomic E-state index is 13.2. The Hall–Kier alpha value is -2.87. The smallest absolute Gasteiger partial charge is 0.475 e. The summed E-state index contributed by atoms with van der Waals surface area (Å²) in [4.78, 5) is 40.4. The van der Waals surface area contributed by atoms with Crippen molar-refractivity contribution in [2.45, 2.75) is 44.6 Å². The molecule has 1 aromatic rings. The lowest BCUT2D eigenvalue weighted by Crippen LogP contribution is -2.48. The van der Waals surface area contributed by atoms with E-state index in [1.165, 1.54) is 12.1 Å². The topological polar surface area (TPSA) is 93.2 Å². The molecule has 0 radical (unpaired) electrons. The molecule has 38 heavy (non-hydrogen) atoms. The van der Waals surface area contributed by atoms with E-state index in [1.807, 2.05) is 0 Å². The molecular weight excluding hydrogens is 522 g/mol. The van der Waals surface area contributed by atoms with E-state index in [2.05, 4.69) is 17.1 Å². The summed E-state index contributed by atoms with van der Waals surface area (Å²) in [5.41, 5.74) is -0.568. The molecule has 2 saturated heterocycles. The van der Waals surface area contributed by atoms with Gasteiger partial charge in [-0.1, -0.05) is 6.92 Å². The van der Waals surface area contributed by atoms with Crippen LogP contribution in [0.25, 0.3) is 0 Å². The number of nitrogens with one attached hydrogen (secondary N) is 1. The third kappa shape index (κ3) is 9.46. The number of amides is 2. The zero-order chi connectivity index (χ0) is 28.5. The lowest BCUT2D eigenvalue weighted by Gasteiger charge is -2.32. The minimum atomic E-state index is -5.08. The molecule has 214 valence electrons. The van der Waals surface area contributed by atoms with Crippen molar-refractivity contribution in [2.24, 2.45) is 0 Å². The molecule has 0 bridgehead atoms. The summed E-state index contributed by atoms with van der Waals surface area (Å²) in [6.07, 6.45) is -7.29. The van der Waals surface area contributed by atoms with Crippen LogP contribution in [0.4, 0.5) is 26.3 Å². The molecule has 0 aromatic heterocycles. The van der Waals surface area contributed by atoms with Crippen LogP contribution in [0.3, 0.4) is 0 Å². The molecule has 2 heterocycles. The van der Waals surface area contributed by atoms with Crippen molar-refractivity contribution >= 4 is 17.8 Å². The molecule has 1 aromatic carbocycles. The first-order valence-corrected chi connectivity index (χ1v) is 12.2. The number of rotatable bonds is 7. The fourth-order valence-electron chi connectivity index (χ4n) is 4.34. The van der Waals surface area contributed by atoms with Crippen molar-refractivity contribution < 1.29 is 45.8 Å². The van der Waals surface area contributed by atoms with Crippen molar-refractivity contribution in [2.75, 3.05) is 52.4 Å². The third-order valence-corrected chi connectivity index (χ3v) is 6.39. The van der Waals surface area contributed by atoms with Gasteiger partial charge < -0.3 is 20.2 Å². The molecule has 3 rings (SSSR count). The van der Waals surface area contributed by atoms with Crippen molar-refractivity contribution in [3.63, 3.8) is 0 Å². The van der Waals surface area contributed by atoms with Gasteiger partial charge in [-0.15, -0.1) is 0 Å². The Morgan fingerprint density at radius 3 is 2.11 bits per heavy atom. The number of likely N-dealkylation sites (tertiary alicyclic amines) is 1. The van der Waals surface area contributed by atoms with Gasteiger partial charge in [0.1, 0.15) is 0 Å². The highest BCUT2D eigenvalue weighted by atomic mass is 19.4. The third-order valence-electron chi connectivity index (χ3n) is 6.39. The van der Waals surface area contributed by atoms with Crippen molar-refractivity contribution in [1.29, 1.82) is 0 Å². The number of alkyl halides is 6. The lowest BCUT2D eigenvalue weighted by molar-refractivity contribution is -0.192. The van der Waals surface area contributed by atoms with E-state index in [-0.39, 0.29) is 36.4 Å². The van der Waals surface area contributed by atoms with E-state index in [1.54, 1.807) is 9.80 Å². The maximum atomic E-state index is 13.2. The minimum absolute atomic E-state index is 0.00508. The summed E-state index contributed by atoms with van der Waals surface area (Å²) >= 11 is 0. The predicted molar refractivity (Wildman–Crippen MR) is 125 cm³/mol. The fraction of sp³-hybridized carbons (Fsp3) is 0.625. The van der Waals surface area contributed by atoms with Crippen LogP contribution in [0, 0.1) is 0 Å². The Morgan fingerprint density at radius 2 is 1.61 bits per heavy atom. The standard InChI is InChI=1S/C22H31F3N4O2.C2HF3O2/c1-2-27-12-3-4-19(27)16-29(13-9-20(30)28-14-10-26-11-15-28)21(31)17-5-7-18(8-6-17)22(23,24)25;3-2(4,5)1(6)7/h5-8,19,26H,2-4,9-16H2,1H3;(H,6,7).